The van der Waals surface area contributed by atoms with Crippen molar-refractivity contribution in [3.8, 4) is 0 Å². The van der Waals surface area contributed by atoms with Gasteiger partial charge in [-0.3, -0.25) is 9.98 Å². The van der Waals surface area contributed by atoms with Crippen LogP contribution in [0.25, 0.3) is 0 Å². The highest BCUT2D eigenvalue weighted by molar-refractivity contribution is 5.79. The third-order valence-corrected chi connectivity index (χ3v) is 1.88. The van der Waals surface area contributed by atoms with E-state index >= 15 is 0 Å². The van der Waals surface area contributed by atoms with Crippen molar-refractivity contribution < 1.29 is 0 Å². The first kappa shape index (κ1) is 10.8. The van der Waals surface area contributed by atoms with Gasteiger partial charge in [0.05, 0.1) is 0 Å². The molecule has 4 nitrogen and oxygen atoms in total. The third kappa shape index (κ3) is 4.11. The molecule has 1 rings (SSSR count). The van der Waals surface area contributed by atoms with Crippen molar-refractivity contribution in [3.05, 3.63) is 30.1 Å². The van der Waals surface area contributed by atoms with Crippen LogP contribution in [0.4, 0.5) is 0 Å². The van der Waals surface area contributed by atoms with Gasteiger partial charge in [0.2, 0.25) is 0 Å². The molecule has 1 aromatic rings. The van der Waals surface area contributed by atoms with Gasteiger partial charge in [-0.1, -0.05) is 0 Å². The fourth-order valence-electron chi connectivity index (χ4n) is 0.978. The molecule has 0 aliphatic carbocycles. The molecule has 0 radical (unpaired) electrons. The summed E-state index contributed by atoms with van der Waals surface area (Å²) < 4.78 is 0. The van der Waals surface area contributed by atoms with E-state index < -0.39 is 0 Å². The first-order valence-electron chi connectivity index (χ1n) is 4.68. The lowest BCUT2D eigenvalue weighted by Crippen LogP contribution is -2.30. The van der Waals surface area contributed by atoms with Gasteiger partial charge < -0.3 is 11.5 Å². The Morgan fingerprint density at radius 1 is 1.43 bits per heavy atom. The van der Waals surface area contributed by atoms with E-state index in [1.165, 1.54) is 0 Å². The second-order valence-corrected chi connectivity index (χ2v) is 3.10. The first-order chi connectivity index (χ1) is 6.83. The molecule has 0 bridgehead atoms. The fraction of sp³-hybridized carbons (Fsp3) is 0.400. The van der Waals surface area contributed by atoms with E-state index in [1.807, 2.05) is 18.3 Å². The van der Waals surface area contributed by atoms with Gasteiger partial charge >= 0.3 is 0 Å². The molecule has 0 aromatic carbocycles. The zero-order valence-electron chi connectivity index (χ0n) is 8.13. The molecule has 0 aliphatic heterocycles. The number of hydrogen-bond donors (Lipinski definition) is 2. The number of aliphatic imine (C=N–C) groups is 1. The average Bonchev–Trinajstić information content (AvgIpc) is 2.25. The molecule has 1 atom stereocenters. The summed E-state index contributed by atoms with van der Waals surface area (Å²) in [5.74, 6) is 0. The molecule has 4 heteroatoms. The zero-order chi connectivity index (χ0) is 10.2. The highest BCUT2D eigenvalue weighted by atomic mass is 14.8. The second kappa shape index (κ2) is 6.23. The van der Waals surface area contributed by atoms with E-state index in [-0.39, 0.29) is 6.04 Å². The van der Waals surface area contributed by atoms with Crippen LogP contribution in [0.5, 0.6) is 0 Å². The molecule has 76 valence electrons. The van der Waals surface area contributed by atoms with Gasteiger partial charge in [0.25, 0.3) is 0 Å². The predicted molar refractivity (Wildman–Crippen MR) is 58.3 cm³/mol. The van der Waals surface area contributed by atoms with Gasteiger partial charge in [0.15, 0.2) is 0 Å². The predicted octanol–water partition coefficient (Wildman–Crippen LogP) is 0.177. The van der Waals surface area contributed by atoms with Gasteiger partial charge in [0.1, 0.15) is 0 Å². The highest BCUT2D eigenvalue weighted by Gasteiger charge is 1.95. The second-order valence-electron chi connectivity index (χ2n) is 3.10. The third-order valence-electron chi connectivity index (χ3n) is 1.88. The molecule has 1 unspecified atom stereocenters. The van der Waals surface area contributed by atoms with E-state index in [1.54, 1.807) is 12.4 Å². The van der Waals surface area contributed by atoms with Crippen LogP contribution in [-0.2, 0) is 0 Å². The van der Waals surface area contributed by atoms with Gasteiger partial charge in [0, 0.05) is 37.7 Å². The van der Waals surface area contributed by atoms with Crippen molar-refractivity contribution in [3.63, 3.8) is 0 Å². The van der Waals surface area contributed by atoms with Gasteiger partial charge in [-0.2, -0.15) is 0 Å². The fourth-order valence-corrected chi connectivity index (χ4v) is 0.978. The van der Waals surface area contributed by atoms with Gasteiger partial charge in [-0.05, 0) is 24.1 Å². The Hall–Kier alpha value is -1.26. The first-order valence-corrected chi connectivity index (χ1v) is 4.68. The van der Waals surface area contributed by atoms with Crippen molar-refractivity contribution in [2.24, 2.45) is 16.5 Å². The SMILES string of the molecule is NCC(N)CCN=Cc1ccncc1. The van der Waals surface area contributed by atoms with Crippen LogP contribution < -0.4 is 11.5 Å². The quantitative estimate of drug-likeness (QED) is 0.653. The van der Waals surface area contributed by atoms with Crippen molar-refractivity contribution in [1.29, 1.82) is 0 Å². The van der Waals surface area contributed by atoms with Crippen molar-refractivity contribution in [2.75, 3.05) is 13.1 Å². The van der Waals surface area contributed by atoms with E-state index in [0.29, 0.717) is 6.54 Å². The van der Waals surface area contributed by atoms with Crippen LogP contribution in [0.15, 0.2) is 29.5 Å². The Labute approximate surface area is 84.1 Å². The molecule has 0 saturated carbocycles. The summed E-state index contributed by atoms with van der Waals surface area (Å²) in [6.07, 6.45) is 6.14. The summed E-state index contributed by atoms with van der Waals surface area (Å²) >= 11 is 0. The van der Waals surface area contributed by atoms with Crippen LogP contribution in [0.2, 0.25) is 0 Å². The lowest BCUT2D eigenvalue weighted by Gasteiger charge is -2.04. The molecule has 0 spiro atoms. The summed E-state index contributed by atoms with van der Waals surface area (Å²) in [6.45, 7) is 1.24. The number of hydrogen-bond acceptors (Lipinski definition) is 4. The maximum atomic E-state index is 5.64. The van der Waals surface area contributed by atoms with Crippen LogP contribution in [0.3, 0.4) is 0 Å². The van der Waals surface area contributed by atoms with E-state index in [4.69, 9.17) is 11.5 Å². The summed E-state index contributed by atoms with van der Waals surface area (Å²) in [5, 5.41) is 0. The Morgan fingerprint density at radius 3 is 2.79 bits per heavy atom. The van der Waals surface area contributed by atoms with Gasteiger partial charge in [-0.15, -0.1) is 0 Å². The number of nitrogens with two attached hydrogens (primary N) is 2. The lowest BCUT2D eigenvalue weighted by molar-refractivity contribution is 0.632. The standard InChI is InChI=1S/C10H16N4/c11-7-10(12)3-6-14-8-9-1-4-13-5-2-9/h1-2,4-5,8,10H,3,6-7,11-12H2. The minimum atomic E-state index is 0.0598. The Balaban J connectivity index is 2.28. The Kier molecular flexibility index (Phi) is 4.82. The summed E-state index contributed by atoms with van der Waals surface area (Å²) in [5.41, 5.74) is 12.1. The summed E-state index contributed by atoms with van der Waals surface area (Å²) in [6, 6.07) is 3.88. The Morgan fingerprint density at radius 2 is 2.14 bits per heavy atom. The normalized spacial score (nSPS) is 13.3. The summed E-state index contributed by atoms with van der Waals surface area (Å²) in [4.78, 5) is 8.16. The van der Waals surface area contributed by atoms with Gasteiger partial charge in [-0.25, -0.2) is 0 Å². The lowest BCUT2D eigenvalue weighted by atomic mass is 10.2. The van der Waals surface area contributed by atoms with Crippen molar-refractivity contribution in [1.82, 2.24) is 4.98 Å². The summed E-state index contributed by atoms with van der Waals surface area (Å²) in [7, 11) is 0. The minimum Gasteiger partial charge on any atom is -0.329 e. The van der Waals surface area contributed by atoms with Crippen LogP contribution in [0.1, 0.15) is 12.0 Å². The van der Waals surface area contributed by atoms with Crippen LogP contribution >= 0.6 is 0 Å². The minimum absolute atomic E-state index is 0.0598. The monoisotopic (exact) mass is 192 g/mol. The van der Waals surface area contributed by atoms with Crippen LogP contribution in [0, 0.1) is 0 Å². The maximum Gasteiger partial charge on any atom is 0.0404 e. The average molecular weight is 192 g/mol. The van der Waals surface area contributed by atoms with E-state index in [2.05, 4.69) is 9.98 Å². The number of nitrogens with zero attached hydrogens (tertiary/aromatic N) is 2. The molecule has 1 aromatic heterocycles. The van der Waals surface area contributed by atoms with E-state index in [0.717, 1.165) is 18.5 Å². The smallest absolute Gasteiger partial charge is 0.0404 e. The molecule has 0 fully saturated rings. The molecular formula is C10H16N4. The molecule has 1 heterocycles. The zero-order valence-corrected chi connectivity index (χ0v) is 8.13. The highest BCUT2D eigenvalue weighted by Crippen LogP contribution is 1.92. The van der Waals surface area contributed by atoms with Crippen molar-refractivity contribution in [2.45, 2.75) is 12.5 Å². The largest absolute Gasteiger partial charge is 0.329 e. The molecular weight excluding hydrogens is 176 g/mol. The topological polar surface area (TPSA) is 77.3 Å². The van der Waals surface area contributed by atoms with E-state index in [9.17, 15) is 0 Å². The maximum absolute atomic E-state index is 5.64. The van der Waals surface area contributed by atoms with Crippen LogP contribution in [-0.4, -0.2) is 30.3 Å². The van der Waals surface area contributed by atoms with Crippen molar-refractivity contribution >= 4 is 6.21 Å². The number of rotatable bonds is 5. The molecule has 14 heavy (non-hydrogen) atoms. The Bertz CT molecular complexity index is 271. The molecule has 0 saturated heterocycles. The molecule has 0 amide bonds. The number of pyridine rings is 1. The molecule has 0 aliphatic rings. The molecule has 4 N–H and O–H groups in total. The number of aromatic nitrogens is 1.